The van der Waals surface area contributed by atoms with Crippen molar-refractivity contribution in [3.8, 4) is 11.4 Å². The second kappa shape index (κ2) is 4.94. The molecule has 0 aliphatic heterocycles. The molecule has 0 unspecified atom stereocenters. The first-order valence-corrected chi connectivity index (χ1v) is 6.39. The summed E-state index contributed by atoms with van der Waals surface area (Å²) in [4.78, 5) is 20.1. The highest BCUT2D eigenvalue weighted by atomic mass is 35.5. The Hall–Kier alpha value is -2.40. The fraction of sp³-hybridized carbons (Fsp3) is 0.0714. The van der Waals surface area contributed by atoms with Crippen molar-refractivity contribution in [1.29, 1.82) is 0 Å². The van der Waals surface area contributed by atoms with Gasteiger partial charge in [-0.15, -0.1) is 0 Å². The van der Waals surface area contributed by atoms with E-state index in [0.717, 1.165) is 0 Å². The second-order valence-corrected chi connectivity index (χ2v) is 4.78. The standard InChI is InChI=1S/C14H11ClN4O/c15-9-4-5-13-18-14(10-3-1-2-6-17-10)11(7-12(16)20)19(13)8-9/h1-6,8H,7H2,(H2,16,20). The lowest BCUT2D eigenvalue weighted by Gasteiger charge is -2.02. The van der Waals surface area contributed by atoms with E-state index in [1.807, 2.05) is 18.2 Å². The molecule has 1 amide bonds. The molecule has 0 aliphatic carbocycles. The van der Waals surface area contributed by atoms with E-state index >= 15 is 0 Å². The van der Waals surface area contributed by atoms with Crippen LogP contribution in [0.5, 0.6) is 0 Å². The van der Waals surface area contributed by atoms with Gasteiger partial charge in [-0.2, -0.15) is 0 Å². The van der Waals surface area contributed by atoms with E-state index in [-0.39, 0.29) is 6.42 Å². The molecule has 0 spiro atoms. The lowest BCUT2D eigenvalue weighted by molar-refractivity contribution is -0.117. The predicted octanol–water partition coefficient (Wildman–Crippen LogP) is 2.08. The Bertz CT molecular complexity index is 782. The molecule has 0 atom stereocenters. The quantitative estimate of drug-likeness (QED) is 0.801. The van der Waals surface area contributed by atoms with Crippen LogP contribution >= 0.6 is 11.6 Å². The molecular formula is C14H11ClN4O. The molecule has 5 nitrogen and oxygen atoms in total. The number of hydrogen-bond donors (Lipinski definition) is 1. The van der Waals surface area contributed by atoms with E-state index in [1.54, 1.807) is 28.9 Å². The molecule has 0 saturated heterocycles. The Kier molecular flexibility index (Phi) is 3.12. The number of aromatic nitrogens is 3. The van der Waals surface area contributed by atoms with Crippen molar-refractivity contribution in [3.63, 3.8) is 0 Å². The van der Waals surface area contributed by atoms with Crippen molar-refractivity contribution in [2.24, 2.45) is 5.73 Å². The van der Waals surface area contributed by atoms with Gasteiger partial charge in [-0.3, -0.25) is 9.78 Å². The number of imidazole rings is 1. The summed E-state index contributed by atoms with van der Waals surface area (Å²) in [5, 5.41) is 0.563. The minimum Gasteiger partial charge on any atom is -0.369 e. The van der Waals surface area contributed by atoms with Crippen LogP contribution in [-0.2, 0) is 11.2 Å². The van der Waals surface area contributed by atoms with E-state index in [1.165, 1.54) is 0 Å². The summed E-state index contributed by atoms with van der Waals surface area (Å²) in [6, 6.07) is 9.07. The number of amides is 1. The molecule has 100 valence electrons. The van der Waals surface area contributed by atoms with E-state index in [4.69, 9.17) is 17.3 Å². The number of primary amides is 1. The summed E-state index contributed by atoms with van der Waals surface area (Å²) < 4.78 is 1.77. The van der Waals surface area contributed by atoms with E-state index in [0.29, 0.717) is 27.8 Å². The van der Waals surface area contributed by atoms with Gasteiger partial charge >= 0.3 is 0 Å². The van der Waals surface area contributed by atoms with Crippen LogP contribution in [0.1, 0.15) is 5.69 Å². The highest BCUT2D eigenvalue weighted by molar-refractivity contribution is 6.30. The average Bonchev–Trinajstić information content (AvgIpc) is 2.77. The fourth-order valence-electron chi connectivity index (χ4n) is 2.11. The fourth-order valence-corrected chi connectivity index (χ4v) is 2.27. The van der Waals surface area contributed by atoms with Gasteiger partial charge in [0, 0.05) is 12.4 Å². The topological polar surface area (TPSA) is 73.3 Å². The van der Waals surface area contributed by atoms with Crippen LogP contribution in [0.3, 0.4) is 0 Å². The number of rotatable bonds is 3. The van der Waals surface area contributed by atoms with Crippen molar-refractivity contribution in [1.82, 2.24) is 14.4 Å². The molecule has 2 N–H and O–H groups in total. The summed E-state index contributed by atoms with van der Waals surface area (Å²) in [6.07, 6.45) is 3.47. The molecule has 0 aliphatic rings. The third-order valence-corrected chi connectivity index (χ3v) is 3.15. The van der Waals surface area contributed by atoms with Gasteiger partial charge < -0.3 is 10.1 Å². The van der Waals surface area contributed by atoms with E-state index in [9.17, 15) is 4.79 Å². The molecule has 3 rings (SSSR count). The van der Waals surface area contributed by atoms with Crippen molar-refractivity contribution in [2.75, 3.05) is 0 Å². The summed E-state index contributed by atoms with van der Waals surface area (Å²) in [7, 11) is 0. The van der Waals surface area contributed by atoms with Crippen molar-refractivity contribution < 1.29 is 4.79 Å². The number of carbonyl (C=O) groups is 1. The molecule has 0 fully saturated rings. The second-order valence-electron chi connectivity index (χ2n) is 4.34. The van der Waals surface area contributed by atoms with Gasteiger partial charge in [0.2, 0.25) is 5.91 Å². The SMILES string of the molecule is NC(=O)Cc1c(-c2ccccn2)nc2ccc(Cl)cn12. The smallest absolute Gasteiger partial charge is 0.223 e. The number of nitrogens with zero attached hydrogens (tertiary/aromatic N) is 3. The first kappa shape index (κ1) is 12.6. The Morgan fingerprint density at radius 2 is 2.15 bits per heavy atom. The molecule has 3 aromatic rings. The minimum absolute atomic E-state index is 0.0768. The minimum atomic E-state index is -0.427. The lowest BCUT2D eigenvalue weighted by Crippen LogP contribution is -2.15. The van der Waals surface area contributed by atoms with Gasteiger partial charge in [0.25, 0.3) is 0 Å². The molecule has 0 saturated carbocycles. The maximum absolute atomic E-state index is 11.3. The average molecular weight is 287 g/mol. The number of carbonyl (C=O) groups excluding carboxylic acids is 1. The zero-order valence-electron chi connectivity index (χ0n) is 10.5. The van der Waals surface area contributed by atoms with Crippen molar-refractivity contribution in [3.05, 3.63) is 53.4 Å². The molecule has 0 bridgehead atoms. The van der Waals surface area contributed by atoms with E-state index in [2.05, 4.69) is 9.97 Å². The normalized spacial score (nSPS) is 10.8. The summed E-state index contributed by atoms with van der Waals surface area (Å²) in [5.41, 5.74) is 8.06. The molecule has 3 heterocycles. The van der Waals surface area contributed by atoms with E-state index < -0.39 is 5.91 Å². The predicted molar refractivity (Wildman–Crippen MR) is 76.3 cm³/mol. The zero-order valence-corrected chi connectivity index (χ0v) is 11.2. The molecule has 0 radical (unpaired) electrons. The Balaban J connectivity index is 2.28. The lowest BCUT2D eigenvalue weighted by atomic mass is 10.2. The van der Waals surface area contributed by atoms with Gasteiger partial charge in [0.1, 0.15) is 11.3 Å². The van der Waals surface area contributed by atoms with Crippen molar-refractivity contribution in [2.45, 2.75) is 6.42 Å². The maximum atomic E-state index is 11.3. The number of fused-ring (bicyclic) bond motifs is 1. The Morgan fingerprint density at radius 3 is 2.85 bits per heavy atom. The maximum Gasteiger partial charge on any atom is 0.223 e. The first-order chi connectivity index (χ1) is 9.65. The number of nitrogens with two attached hydrogens (primary N) is 1. The highest BCUT2D eigenvalue weighted by Gasteiger charge is 2.16. The molecule has 3 aromatic heterocycles. The molecule has 20 heavy (non-hydrogen) atoms. The van der Waals surface area contributed by atoms with Gasteiger partial charge in [-0.25, -0.2) is 4.98 Å². The van der Waals surface area contributed by atoms with Gasteiger partial charge in [-0.1, -0.05) is 17.7 Å². The monoisotopic (exact) mass is 286 g/mol. The van der Waals surface area contributed by atoms with Gasteiger partial charge in [0.15, 0.2) is 0 Å². The van der Waals surface area contributed by atoms with Crippen LogP contribution in [0.4, 0.5) is 0 Å². The third kappa shape index (κ3) is 2.23. The van der Waals surface area contributed by atoms with Crippen LogP contribution in [0.25, 0.3) is 17.0 Å². The first-order valence-electron chi connectivity index (χ1n) is 6.01. The third-order valence-electron chi connectivity index (χ3n) is 2.93. The molecule has 6 heteroatoms. The van der Waals surface area contributed by atoms with Gasteiger partial charge in [0.05, 0.1) is 22.8 Å². The molecular weight excluding hydrogens is 276 g/mol. The highest BCUT2D eigenvalue weighted by Crippen LogP contribution is 2.24. The van der Waals surface area contributed by atoms with Crippen molar-refractivity contribution >= 4 is 23.2 Å². The largest absolute Gasteiger partial charge is 0.369 e. The molecule has 0 aromatic carbocycles. The van der Waals surface area contributed by atoms with Crippen LogP contribution in [0, 0.1) is 0 Å². The number of halogens is 1. The number of pyridine rings is 2. The Labute approximate surface area is 120 Å². The summed E-state index contributed by atoms with van der Waals surface area (Å²) in [5.74, 6) is -0.427. The summed E-state index contributed by atoms with van der Waals surface area (Å²) >= 11 is 6.00. The van der Waals surface area contributed by atoms with Crippen LogP contribution in [0.2, 0.25) is 5.02 Å². The summed E-state index contributed by atoms with van der Waals surface area (Å²) in [6.45, 7) is 0. The van der Waals surface area contributed by atoms with Crippen LogP contribution in [-0.4, -0.2) is 20.3 Å². The van der Waals surface area contributed by atoms with Crippen LogP contribution in [0.15, 0.2) is 42.7 Å². The van der Waals surface area contributed by atoms with Gasteiger partial charge in [-0.05, 0) is 24.3 Å². The Morgan fingerprint density at radius 1 is 1.30 bits per heavy atom. The van der Waals surface area contributed by atoms with Crippen LogP contribution < -0.4 is 5.73 Å². The number of hydrogen-bond acceptors (Lipinski definition) is 3. The zero-order chi connectivity index (χ0) is 14.1.